The molecule has 0 spiro atoms. The van der Waals surface area contributed by atoms with E-state index in [0.29, 0.717) is 11.5 Å². The lowest BCUT2D eigenvalue weighted by Gasteiger charge is -2.16. The molecule has 0 radical (unpaired) electrons. The predicted octanol–water partition coefficient (Wildman–Crippen LogP) is -0.552. The summed E-state index contributed by atoms with van der Waals surface area (Å²) in [4.78, 5) is 34.8. The van der Waals surface area contributed by atoms with E-state index in [2.05, 4.69) is 25.6 Å². The van der Waals surface area contributed by atoms with Crippen LogP contribution in [0.3, 0.4) is 0 Å². The molecule has 1 saturated heterocycles. The van der Waals surface area contributed by atoms with E-state index in [-0.39, 0.29) is 5.84 Å². The minimum Gasteiger partial charge on any atom is -0.293 e. The van der Waals surface area contributed by atoms with Crippen molar-refractivity contribution < 1.29 is 9.59 Å². The van der Waals surface area contributed by atoms with Gasteiger partial charge in [-0.2, -0.15) is 0 Å². The van der Waals surface area contributed by atoms with Gasteiger partial charge in [-0.25, -0.2) is 14.8 Å². The first-order chi connectivity index (χ1) is 8.24. The molecule has 0 bridgehead atoms. The highest BCUT2D eigenvalue weighted by atomic mass is 16.2. The van der Waals surface area contributed by atoms with Crippen LogP contribution in [0.15, 0.2) is 34.4 Å². The molecule has 17 heavy (non-hydrogen) atoms. The summed E-state index contributed by atoms with van der Waals surface area (Å²) < 4.78 is 0. The van der Waals surface area contributed by atoms with Gasteiger partial charge in [-0.05, 0) is 12.1 Å². The van der Waals surface area contributed by atoms with E-state index < -0.39 is 18.0 Å². The van der Waals surface area contributed by atoms with Crippen molar-refractivity contribution in [3.8, 4) is 0 Å². The van der Waals surface area contributed by atoms with Gasteiger partial charge in [-0.3, -0.25) is 20.4 Å². The van der Waals surface area contributed by atoms with Crippen LogP contribution in [0.4, 0.5) is 4.79 Å². The number of hydrogen-bond acceptors (Lipinski definition) is 5. The molecule has 3 heterocycles. The molecule has 7 heteroatoms. The van der Waals surface area contributed by atoms with Crippen molar-refractivity contribution in [1.29, 1.82) is 0 Å². The van der Waals surface area contributed by atoms with Crippen LogP contribution in [0.25, 0.3) is 0 Å². The lowest BCUT2D eigenvalue weighted by atomic mass is 10.2. The van der Waals surface area contributed by atoms with Gasteiger partial charge in [-0.1, -0.05) is 6.07 Å². The maximum absolute atomic E-state index is 11.5. The molecule has 84 valence electrons. The molecule has 2 aliphatic rings. The predicted molar refractivity (Wildman–Crippen MR) is 58.7 cm³/mol. The number of hydrogen-bond donors (Lipinski definition) is 2. The number of nitrogens with zero attached hydrogens (tertiary/aromatic N) is 3. The van der Waals surface area contributed by atoms with Crippen LogP contribution in [0.1, 0.15) is 5.69 Å². The van der Waals surface area contributed by atoms with E-state index in [9.17, 15) is 9.59 Å². The normalized spacial score (nSPS) is 22.2. The molecule has 2 N–H and O–H groups in total. The highest BCUT2D eigenvalue weighted by Crippen LogP contribution is 2.12. The minimum atomic E-state index is -0.773. The lowest BCUT2D eigenvalue weighted by molar-refractivity contribution is -0.120. The molecule has 0 saturated carbocycles. The molecule has 0 aliphatic carbocycles. The van der Waals surface area contributed by atoms with E-state index in [1.807, 2.05) is 0 Å². The summed E-state index contributed by atoms with van der Waals surface area (Å²) in [5.74, 6) is 0.126. The molecular formula is C10H7N5O2. The Morgan fingerprint density at radius 3 is 2.82 bits per heavy atom. The Morgan fingerprint density at radius 2 is 2.06 bits per heavy atom. The fourth-order valence-electron chi connectivity index (χ4n) is 1.61. The summed E-state index contributed by atoms with van der Waals surface area (Å²) in [5, 5.41) is 4.57. The first-order valence-electron chi connectivity index (χ1n) is 4.94. The summed E-state index contributed by atoms with van der Waals surface area (Å²) in [6.45, 7) is 0. The fourth-order valence-corrected chi connectivity index (χ4v) is 1.61. The zero-order chi connectivity index (χ0) is 11.8. The van der Waals surface area contributed by atoms with Crippen LogP contribution in [0, 0.1) is 0 Å². The summed E-state index contributed by atoms with van der Waals surface area (Å²) in [7, 11) is 0. The molecule has 1 fully saturated rings. The molecular weight excluding hydrogens is 222 g/mol. The van der Waals surface area contributed by atoms with E-state index in [1.54, 1.807) is 24.4 Å². The topological polar surface area (TPSA) is 95.8 Å². The minimum absolute atomic E-state index is 0.249. The summed E-state index contributed by atoms with van der Waals surface area (Å²) in [5.41, 5.74) is 0.566. The number of nitrogens with one attached hydrogen (secondary N) is 2. The third kappa shape index (κ3) is 1.57. The maximum atomic E-state index is 11.5. The van der Waals surface area contributed by atoms with Crippen molar-refractivity contribution in [1.82, 2.24) is 15.6 Å². The SMILES string of the molecule is O=C1NC(=O)C2N=C(c3ccccn3)N=C2N1. The number of amides is 3. The molecule has 1 aromatic rings. The third-order valence-electron chi connectivity index (χ3n) is 2.36. The number of carbonyl (C=O) groups excluding carboxylic acids is 2. The van der Waals surface area contributed by atoms with Gasteiger partial charge in [0.25, 0.3) is 5.91 Å². The van der Waals surface area contributed by atoms with E-state index in [4.69, 9.17) is 0 Å². The van der Waals surface area contributed by atoms with Crippen LogP contribution in [-0.4, -0.2) is 34.6 Å². The van der Waals surface area contributed by atoms with Crippen LogP contribution in [0.2, 0.25) is 0 Å². The zero-order valence-corrected chi connectivity index (χ0v) is 8.54. The summed E-state index contributed by atoms with van der Waals surface area (Å²) >= 11 is 0. The van der Waals surface area contributed by atoms with E-state index in [1.165, 1.54) is 0 Å². The van der Waals surface area contributed by atoms with Crippen molar-refractivity contribution in [2.24, 2.45) is 9.98 Å². The molecule has 3 amide bonds. The second-order valence-electron chi connectivity index (χ2n) is 3.51. The Bertz CT molecular complexity index is 563. The van der Waals surface area contributed by atoms with E-state index in [0.717, 1.165) is 0 Å². The Morgan fingerprint density at radius 1 is 1.18 bits per heavy atom. The smallest absolute Gasteiger partial charge is 0.293 e. The highest BCUT2D eigenvalue weighted by molar-refractivity contribution is 6.27. The van der Waals surface area contributed by atoms with Gasteiger partial charge < -0.3 is 0 Å². The second kappa shape index (κ2) is 3.48. The summed E-state index contributed by atoms with van der Waals surface area (Å²) in [6, 6.07) is 3.95. The Labute approximate surface area is 95.7 Å². The van der Waals surface area contributed by atoms with Gasteiger partial charge in [0.2, 0.25) is 0 Å². The molecule has 1 atom stereocenters. The average molecular weight is 229 g/mol. The van der Waals surface area contributed by atoms with Crippen molar-refractivity contribution in [2.75, 3.05) is 0 Å². The first kappa shape index (κ1) is 9.64. The standard InChI is InChI=1S/C10H7N5O2/c16-9-6-8(14-10(17)15-9)13-7(12-6)5-3-1-2-4-11-5/h1-4,6H,(H2,12,13,14,15,16,17). The number of rotatable bonds is 1. The number of urea groups is 1. The van der Waals surface area contributed by atoms with Gasteiger partial charge in [0, 0.05) is 6.20 Å². The van der Waals surface area contributed by atoms with Crippen molar-refractivity contribution in [3.63, 3.8) is 0 Å². The molecule has 3 rings (SSSR count). The van der Waals surface area contributed by atoms with E-state index >= 15 is 0 Å². The van der Waals surface area contributed by atoms with Gasteiger partial charge in [0.1, 0.15) is 11.5 Å². The number of aliphatic imine (C=N–C) groups is 2. The van der Waals surface area contributed by atoms with Crippen molar-refractivity contribution >= 4 is 23.6 Å². The molecule has 1 aromatic heterocycles. The number of amidine groups is 2. The van der Waals surface area contributed by atoms with Gasteiger partial charge in [-0.15, -0.1) is 0 Å². The number of imide groups is 1. The zero-order valence-electron chi connectivity index (χ0n) is 8.54. The van der Waals surface area contributed by atoms with Crippen molar-refractivity contribution in [2.45, 2.75) is 6.04 Å². The highest BCUT2D eigenvalue weighted by Gasteiger charge is 2.36. The van der Waals surface area contributed by atoms with Gasteiger partial charge >= 0.3 is 6.03 Å². The molecule has 2 aliphatic heterocycles. The monoisotopic (exact) mass is 229 g/mol. The summed E-state index contributed by atoms with van der Waals surface area (Å²) in [6.07, 6.45) is 1.61. The van der Waals surface area contributed by atoms with Crippen LogP contribution >= 0.6 is 0 Å². The number of pyridine rings is 1. The fraction of sp³-hybridized carbons (Fsp3) is 0.100. The Kier molecular flexibility index (Phi) is 1.97. The van der Waals surface area contributed by atoms with Gasteiger partial charge in [0.15, 0.2) is 11.9 Å². The Hall–Kier alpha value is -2.57. The maximum Gasteiger partial charge on any atom is 0.326 e. The number of fused-ring (bicyclic) bond motifs is 1. The second-order valence-corrected chi connectivity index (χ2v) is 3.51. The third-order valence-corrected chi connectivity index (χ3v) is 2.36. The molecule has 1 unspecified atom stereocenters. The quantitative estimate of drug-likeness (QED) is 0.676. The Balaban J connectivity index is 1.98. The van der Waals surface area contributed by atoms with Gasteiger partial charge in [0.05, 0.1) is 0 Å². The first-order valence-corrected chi connectivity index (χ1v) is 4.94. The lowest BCUT2D eigenvalue weighted by Crippen LogP contribution is -2.57. The van der Waals surface area contributed by atoms with Crippen molar-refractivity contribution in [3.05, 3.63) is 30.1 Å². The molecule has 7 nitrogen and oxygen atoms in total. The van der Waals surface area contributed by atoms with Crippen LogP contribution in [0.5, 0.6) is 0 Å². The number of aromatic nitrogens is 1. The van der Waals surface area contributed by atoms with Crippen LogP contribution in [-0.2, 0) is 4.79 Å². The van der Waals surface area contributed by atoms with Crippen LogP contribution < -0.4 is 10.6 Å². The largest absolute Gasteiger partial charge is 0.326 e. The number of carbonyl (C=O) groups is 2. The average Bonchev–Trinajstić information content (AvgIpc) is 2.74. The molecule has 0 aromatic carbocycles.